The number of nitrogens with one attached hydrogen (secondary N) is 1. The van der Waals surface area contributed by atoms with Gasteiger partial charge in [0.2, 0.25) is 0 Å². The maximum Gasteiger partial charge on any atom is 0.188 e. The molecule has 3 rings (SSSR count). The zero-order valence-electron chi connectivity index (χ0n) is 17.8. The van der Waals surface area contributed by atoms with Gasteiger partial charge in [-0.25, -0.2) is 0 Å². The summed E-state index contributed by atoms with van der Waals surface area (Å²) >= 11 is 0. The van der Waals surface area contributed by atoms with Gasteiger partial charge in [-0.3, -0.25) is 0 Å². The van der Waals surface area contributed by atoms with Crippen LogP contribution in [0.2, 0.25) is 0 Å². The fourth-order valence-electron chi connectivity index (χ4n) is 3.51. The molecule has 0 amide bonds. The van der Waals surface area contributed by atoms with E-state index in [0.717, 1.165) is 37.2 Å². The summed E-state index contributed by atoms with van der Waals surface area (Å²) in [6.07, 6.45) is 2.94. The first kappa shape index (κ1) is 14.0. The van der Waals surface area contributed by atoms with E-state index in [0.29, 0.717) is 11.7 Å². The quantitative estimate of drug-likeness (QED) is 0.757. The monoisotopic (exact) mass is 344 g/mol. The van der Waals surface area contributed by atoms with Crippen LogP contribution in [0.3, 0.4) is 0 Å². The lowest BCUT2D eigenvalue weighted by atomic mass is 9.79. The summed E-state index contributed by atoms with van der Waals surface area (Å²) in [5, 5.41) is 3.36. The van der Waals surface area contributed by atoms with Crippen molar-refractivity contribution in [3.8, 4) is 11.5 Å². The molecule has 0 radical (unpaired) electrons. The average molecular weight is 344 g/mol. The lowest BCUT2D eigenvalue weighted by Crippen LogP contribution is -2.15. The number of rotatable bonds is 7. The van der Waals surface area contributed by atoms with Gasteiger partial charge in [-0.15, -0.1) is 0 Å². The maximum atomic E-state index is 7.30. The predicted molar refractivity (Wildman–Crippen MR) is 101 cm³/mol. The largest absolute Gasteiger partial charge is 0.497 e. The van der Waals surface area contributed by atoms with E-state index >= 15 is 0 Å². The van der Waals surface area contributed by atoms with Crippen molar-refractivity contribution in [3.05, 3.63) is 53.1 Å². The van der Waals surface area contributed by atoms with Crippen molar-refractivity contribution in [2.45, 2.75) is 32.1 Å². The Balaban J connectivity index is 1.80. The Morgan fingerprint density at radius 3 is 2.84 bits per heavy atom. The molecule has 25 heavy (non-hydrogen) atoms. The second-order valence-electron chi connectivity index (χ2n) is 6.30. The third-order valence-electron chi connectivity index (χ3n) is 4.70. The summed E-state index contributed by atoms with van der Waals surface area (Å²) in [4.78, 5) is 0. The summed E-state index contributed by atoms with van der Waals surface area (Å²) in [6.45, 7) is 3.03. The van der Waals surface area contributed by atoms with E-state index in [-0.39, 0.29) is 6.79 Å². The molecule has 1 unspecified atom stereocenters. The van der Waals surface area contributed by atoms with Crippen LogP contribution >= 0.6 is 0 Å². The van der Waals surface area contributed by atoms with E-state index in [1.165, 1.54) is 16.7 Å². The molecule has 1 atom stereocenters. The highest BCUT2D eigenvalue weighted by molar-refractivity contribution is 5.57. The standard InChI is InChI=1S/C21H27NO3/c1-4-22-21-13-18(24-3)9-10-20(21)17-6-5-16-12-19(25-14-23-2)8-7-15(16)11-17/h7-10,12-13,17,22H,4-6,11,14H2,1-3H3/i3D3. The van der Waals surface area contributed by atoms with Crippen LogP contribution in [-0.4, -0.2) is 27.5 Å². The lowest BCUT2D eigenvalue weighted by Gasteiger charge is -2.27. The Morgan fingerprint density at radius 2 is 2.04 bits per heavy atom. The van der Waals surface area contributed by atoms with Crippen LogP contribution in [0.5, 0.6) is 11.5 Å². The van der Waals surface area contributed by atoms with Crippen LogP contribution < -0.4 is 14.8 Å². The fourth-order valence-corrected chi connectivity index (χ4v) is 3.51. The molecular formula is C21H27NO3. The second-order valence-corrected chi connectivity index (χ2v) is 6.30. The summed E-state index contributed by atoms with van der Waals surface area (Å²) in [5.74, 6) is 1.56. The molecule has 1 aliphatic carbocycles. The minimum atomic E-state index is -2.45. The Hall–Kier alpha value is -2.20. The average Bonchev–Trinajstić information content (AvgIpc) is 2.65. The Kier molecular flexibility index (Phi) is 4.63. The summed E-state index contributed by atoms with van der Waals surface area (Å²) in [5.41, 5.74) is 4.78. The first-order chi connectivity index (χ1) is 13.4. The molecule has 0 aliphatic heterocycles. The molecule has 0 aromatic heterocycles. The van der Waals surface area contributed by atoms with Crippen LogP contribution in [0.4, 0.5) is 5.69 Å². The third-order valence-corrected chi connectivity index (χ3v) is 4.70. The molecular weight excluding hydrogens is 314 g/mol. The minimum absolute atomic E-state index is 0.248. The molecule has 0 heterocycles. The van der Waals surface area contributed by atoms with Crippen molar-refractivity contribution in [3.63, 3.8) is 0 Å². The first-order valence-electron chi connectivity index (χ1n) is 10.2. The topological polar surface area (TPSA) is 39.7 Å². The Morgan fingerprint density at radius 1 is 1.16 bits per heavy atom. The second kappa shape index (κ2) is 8.26. The SMILES string of the molecule is [2H]C([2H])([2H])Oc1ccc(C2CCc3cc(OCOC)ccc3C2)c(NCC)c1. The lowest BCUT2D eigenvalue weighted by molar-refractivity contribution is 0.0510. The molecule has 4 nitrogen and oxygen atoms in total. The van der Waals surface area contributed by atoms with E-state index in [4.69, 9.17) is 18.3 Å². The zero-order valence-corrected chi connectivity index (χ0v) is 14.8. The first-order valence-corrected chi connectivity index (χ1v) is 8.70. The summed E-state index contributed by atoms with van der Waals surface area (Å²) in [6, 6.07) is 11.8. The molecule has 0 fully saturated rings. The van der Waals surface area contributed by atoms with E-state index in [1.54, 1.807) is 19.2 Å². The van der Waals surface area contributed by atoms with Gasteiger partial charge in [-0.1, -0.05) is 12.1 Å². The van der Waals surface area contributed by atoms with Crippen molar-refractivity contribution in [2.24, 2.45) is 0 Å². The minimum Gasteiger partial charge on any atom is -0.497 e. The van der Waals surface area contributed by atoms with Crippen molar-refractivity contribution >= 4 is 5.69 Å². The molecule has 1 aliphatic rings. The molecule has 0 saturated heterocycles. The van der Waals surface area contributed by atoms with Gasteiger partial charge in [0, 0.05) is 25.4 Å². The highest BCUT2D eigenvalue weighted by Gasteiger charge is 2.23. The van der Waals surface area contributed by atoms with Gasteiger partial charge in [-0.2, -0.15) is 0 Å². The van der Waals surface area contributed by atoms with Gasteiger partial charge in [0.1, 0.15) is 11.5 Å². The Labute approximate surface area is 154 Å². The number of benzene rings is 2. The Bertz CT molecular complexity index is 808. The van der Waals surface area contributed by atoms with Gasteiger partial charge in [-0.05, 0) is 67.0 Å². The van der Waals surface area contributed by atoms with Gasteiger partial charge < -0.3 is 19.5 Å². The molecule has 0 saturated carbocycles. The van der Waals surface area contributed by atoms with E-state index < -0.39 is 7.04 Å². The molecule has 134 valence electrons. The number of hydrogen-bond acceptors (Lipinski definition) is 4. The summed E-state index contributed by atoms with van der Waals surface area (Å²) in [7, 11) is -0.837. The highest BCUT2D eigenvalue weighted by Crippen LogP contribution is 2.38. The van der Waals surface area contributed by atoms with E-state index in [1.807, 2.05) is 19.1 Å². The summed E-state index contributed by atoms with van der Waals surface area (Å²) < 4.78 is 37.5. The number of hydrogen-bond donors (Lipinski definition) is 1. The zero-order chi connectivity index (χ0) is 20.1. The molecule has 0 bridgehead atoms. The van der Waals surface area contributed by atoms with Crippen molar-refractivity contribution in [1.82, 2.24) is 0 Å². The van der Waals surface area contributed by atoms with Gasteiger partial charge >= 0.3 is 0 Å². The van der Waals surface area contributed by atoms with Crippen LogP contribution in [-0.2, 0) is 17.6 Å². The van der Waals surface area contributed by atoms with Gasteiger partial charge in [0.05, 0.1) is 11.2 Å². The molecule has 1 N–H and O–H groups in total. The van der Waals surface area contributed by atoms with Crippen LogP contribution in [0.15, 0.2) is 36.4 Å². The van der Waals surface area contributed by atoms with Crippen LogP contribution in [0.1, 0.15) is 40.1 Å². The highest BCUT2D eigenvalue weighted by atomic mass is 16.7. The molecule has 2 aromatic rings. The maximum absolute atomic E-state index is 7.30. The van der Waals surface area contributed by atoms with E-state index in [2.05, 4.69) is 17.4 Å². The van der Waals surface area contributed by atoms with Crippen molar-refractivity contribution in [1.29, 1.82) is 0 Å². The molecule has 4 heteroatoms. The van der Waals surface area contributed by atoms with Crippen molar-refractivity contribution < 1.29 is 18.3 Å². The molecule has 0 spiro atoms. The predicted octanol–water partition coefficient (Wildman–Crippen LogP) is 4.38. The normalized spacial score (nSPS) is 18.5. The van der Waals surface area contributed by atoms with Crippen LogP contribution in [0.25, 0.3) is 0 Å². The number of anilines is 1. The van der Waals surface area contributed by atoms with Crippen molar-refractivity contribution in [2.75, 3.05) is 32.8 Å². The van der Waals surface area contributed by atoms with Gasteiger partial charge in [0.25, 0.3) is 0 Å². The third kappa shape index (κ3) is 4.07. The van der Waals surface area contributed by atoms with E-state index in [9.17, 15) is 0 Å². The van der Waals surface area contributed by atoms with Gasteiger partial charge in [0.15, 0.2) is 6.79 Å². The molecule has 2 aromatic carbocycles. The fraction of sp³-hybridized carbons (Fsp3) is 0.429. The number of aryl methyl sites for hydroxylation is 1. The number of methoxy groups -OCH3 is 2. The van der Waals surface area contributed by atoms with Crippen LogP contribution in [0, 0.1) is 0 Å². The number of fused-ring (bicyclic) bond motifs is 1. The smallest absolute Gasteiger partial charge is 0.188 e. The number of ether oxygens (including phenoxy) is 3.